The zero-order valence-electron chi connectivity index (χ0n) is 10.7. The van der Waals surface area contributed by atoms with Crippen LogP contribution in [0.25, 0.3) is 0 Å². The lowest BCUT2D eigenvalue weighted by Crippen LogP contribution is -2.07. The second-order valence-corrected chi connectivity index (χ2v) is 5.41. The number of carbonyl (C=O) groups excluding carboxylic acids is 1. The van der Waals surface area contributed by atoms with Crippen molar-refractivity contribution in [3.8, 4) is 0 Å². The van der Waals surface area contributed by atoms with Crippen molar-refractivity contribution in [3.63, 3.8) is 0 Å². The van der Waals surface area contributed by atoms with Gasteiger partial charge in [-0.2, -0.15) is 0 Å². The highest BCUT2D eigenvalue weighted by atomic mass is 32.2. The third-order valence-electron chi connectivity index (χ3n) is 2.27. The maximum absolute atomic E-state index is 12.0. The average molecular weight is 266 g/mol. The van der Waals surface area contributed by atoms with Gasteiger partial charge in [-0.3, -0.25) is 4.21 Å². The molecule has 0 aliphatic heterocycles. The van der Waals surface area contributed by atoms with Crippen LogP contribution in [0.4, 0.5) is 0 Å². The van der Waals surface area contributed by atoms with Gasteiger partial charge in [0.1, 0.15) is 0 Å². The summed E-state index contributed by atoms with van der Waals surface area (Å²) in [5.74, 6) is 0.213. The Balaban J connectivity index is 2.48. The molecule has 4 heteroatoms. The van der Waals surface area contributed by atoms with Gasteiger partial charge in [-0.1, -0.05) is 31.2 Å². The van der Waals surface area contributed by atoms with E-state index in [2.05, 4.69) is 0 Å². The molecule has 18 heavy (non-hydrogen) atoms. The van der Waals surface area contributed by atoms with Crippen LogP contribution in [0.1, 0.15) is 13.8 Å². The summed E-state index contributed by atoms with van der Waals surface area (Å²) >= 11 is 0. The van der Waals surface area contributed by atoms with Gasteiger partial charge in [0.2, 0.25) is 0 Å². The third-order valence-corrected chi connectivity index (χ3v) is 3.89. The van der Waals surface area contributed by atoms with Crippen molar-refractivity contribution in [3.05, 3.63) is 42.5 Å². The van der Waals surface area contributed by atoms with Crippen LogP contribution in [0.5, 0.6) is 0 Å². The van der Waals surface area contributed by atoms with Crippen molar-refractivity contribution in [1.29, 1.82) is 0 Å². The molecule has 0 spiro atoms. The van der Waals surface area contributed by atoms with E-state index in [1.54, 1.807) is 13.0 Å². The quantitative estimate of drug-likeness (QED) is 0.587. The maximum Gasteiger partial charge on any atom is 0.330 e. The zero-order chi connectivity index (χ0) is 13.4. The van der Waals surface area contributed by atoms with Crippen LogP contribution in [0.15, 0.2) is 47.4 Å². The number of rotatable bonds is 6. The van der Waals surface area contributed by atoms with Gasteiger partial charge in [0.05, 0.1) is 17.4 Å². The summed E-state index contributed by atoms with van der Waals surface area (Å²) in [7, 11) is -1.04. The van der Waals surface area contributed by atoms with Gasteiger partial charge >= 0.3 is 5.97 Å². The van der Waals surface area contributed by atoms with Crippen molar-refractivity contribution in [1.82, 2.24) is 0 Å². The number of carbonyl (C=O) groups is 1. The van der Waals surface area contributed by atoms with Gasteiger partial charge in [-0.05, 0) is 25.0 Å². The summed E-state index contributed by atoms with van der Waals surface area (Å²) in [4.78, 5) is 11.9. The highest BCUT2D eigenvalue weighted by Gasteiger charge is 2.07. The van der Waals surface area contributed by atoms with Crippen LogP contribution in [0.3, 0.4) is 0 Å². The molecule has 0 fully saturated rings. The first kappa shape index (κ1) is 14.6. The highest BCUT2D eigenvalue weighted by Crippen LogP contribution is 2.10. The minimum Gasteiger partial charge on any atom is -0.463 e. The van der Waals surface area contributed by atoms with Crippen molar-refractivity contribution in [2.24, 2.45) is 5.92 Å². The molecule has 0 amide bonds. The van der Waals surface area contributed by atoms with Gasteiger partial charge in [0.15, 0.2) is 0 Å². The smallest absolute Gasteiger partial charge is 0.330 e. The molecule has 1 aromatic rings. The molecule has 2 atom stereocenters. The first-order chi connectivity index (χ1) is 8.63. The first-order valence-electron chi connectivity index (χ1n) is 5.92. The van der Waals surface area contributed by atoms with E-state index in [-0.39, 0.29) is 11.9 Å². The normalized spacial score (nSPS) is 14.3. The molecule has 0 aliphatic carbocycles. The Bertz CT molecular complexity index is 426. The monoisotopic (exact) mass is 266 g/mol. The Kier molecular flexibility index (Phi) is 6.36. The van der Waals surface area contributed by atoms with Gasteiger partial charge in [0.25, 0.3) is 0 Å². The highest BCUT2D eigenvalue weighted by molar-refractivity contribution is 7.85. The van der Waals surface area contributed by atoms with Crippen molar-refractivity contribution in [2.45, 2.75) is 18.7 Å². The molecule has 1 unspecified atom stereocenters. The second-order valence-electron chi connectivity index (χ2n) is 3.91. The van der Waals surface area contributed by atoms with Crippen LogP contribution < -0.4 is 0 Å². The molecule has 0 saturated heterocycles. The lowest BCUT2D eigenvalue weighted by Gasteiger charge is -2.06. The van der Waals surface area contributed by atoms with E-state index in [1.807, 2.05) is 37.3 Å². The first-order valence-corrected chi connectivity index (χ1v) is 7.23. The minimum absolute atomic E-state index is 0.0652. The number of ether oxygens (including phenoxy) is 1. The predicted molar refractivity (Wildman–Crippen MR) is 72.7 cm³/mol. The summed E-state index contributed by atoms with van der Waals surface area (Å²) in [5, 5.41) is 0. The molecule has 0 N–H and O–H groups in total. The van der Waals surface area contributed by atoms with Gasteiger partial charge in [0, 0.05) is 16.7 Å². The standard InChI is InChI=1S/C14H18O3S/c1-3-17-14(15)10-9-12(2)11-18(16)13-7-5-4-6-8-13/h4-10,12H,3,11H2,1-2H3/b10-9+/t12-,18?/m0/s1. The van der Waals surface area contributed by atoms with E-state index >= 15 is 0 Å². The van der Waals surface area contributed by atoms with Crippen LogP contribution in [0, 0.1) is 5.92 Å². The largest absolute Gasteiger partial charge is 0.463 e. The fourth-order valence-corrected chi connectivity index (χ4v) is 2.64. The summed E-state index contributed by atoms with van der Waals surface area (Å²) in [6, 6.07) is 9.32. The molecule has 98 valence electrons. The molecular formula is C14H18O3S. The second kappa shape index (κ2) is 7.82. The number of esters is 1. The van der Waals surface area contributed by atoms with Gasteiger partial charge in [-0.25, -0.2) is 4.79 Å². The van der Waals surface area contributed by atoms with Crippen LogP contribution >= 0.6 is 0 Å². The van der Waals surface area contributed by atoms with Crippen molar-refractivity contribution < 1.29 is 13.7 Å². The van der Waals surface area contributed by atoms with E-state index in [0.717, 1.165) is 4.90 Å². The summed E-state index contributed by atoms with van der Waals surface area (Å²) < 4.78 is 16.8. The van der Waals surface area contributed by atoms with Crippen LogP contribution in [-0.2, 0) is 20.3 Å². The van der Waals surface area contributed by atoms with E-state index in [0.29, 0.717) is 12.4 Å². The number of hydrogen-bond acceptors (Lipinski definition) is 3. The molecule has 0 radical (unpaired) electrons. The molecule has 0 saturated carbocycles. The van der Waals surface area contributed by atoms with Crippen molar-refractivity contribution >= 4 is 16.8 Å². The van der Waals surface area contributed by atoms with E-state index in [9.17, 15) is 9.00 Å². The molecule has 0 aromatic heterocycles. The van der Waals surface area contributed by atoms with Gasteiger partial charge in [-0.15, -0.1) is 0 Å². The molecule has 1 aromatic carbocycles. The summed E-state index contributed by atoms with van der Waals surface area (Å²) in [5.41, 5.74) is 0. The Morgan fingerprint density at radius 2 is 2.06 bits per heavy atom. The number of benzene rings is 1. The SMILES string of the molecule is CCOC(=O)/C=C/[C@H](C)CS(=O)c1ccccc1. The zero-order valence-corrected chi connectivity index (χ0v) is 11.5. The molecule has 3 nitrogen and oxygen atoms in total. The molecular weight excluding hydrogens is 248 g/mol. The van der Waals surface area contributed by atoms with E-state index < -0.39 is 10.8 Å². The predicted octanol–water partition coefficient (Wildman–Crippen LogP) is 2.55. The molecule has 0 aliphatic rings. The molecule has 1 rings (SSSR count). The maximum atomic E-state index is 12.0. The fraction of sp³-hybridized carbons (Fsp3) is 0.357. The van der Waals surface area contributed by atoms with E-state index in [4.69, 9.17) is 4.74 Å². The number of hydrogen-bond donors (Lipinski definition) is 0. The Labute approximate surface area is 110 Å². The number of allylic oxidation sites excluding steroid dienone is 1. The Morgan fingerprint density at radius 3 is 2.67 bits per heavy atom. The lowest BCUT2D eigenvalue weighted by molar-refractivity contribution is -0.137. The minimum atomic E-state index is -1.04. The summed E-state index contributed by atoms with van der Waals surface area (Å²) in [6.45, 7) is 4.06. The van der Waals surface area contributed by atoms with Gasteiger partial charge < -0.3 is 4.74 Å². The fourth-order valence-electron chi connectivity index (χ4n) is 1.40. The third kappa shape index (κ3) is 5.27. The lowest BCUT2D eigenvalue weighted by atomic mass is 10.2. The molecule has 0 heterocycles. The van der Waals surface area contributed by atoms with Crippen molar-refractivity contribution in [2.75, 3.05) is 12.4 Å². The van der Waals surface area contributed by atoms with Crippen LogP contribution in [0.2, 0.25) is 0 Å². The average Bonchev–Trinajstić information content (AvgIpc) is 2.38. The Morgan fingerprint density at radius 1 is 1.39 bits per heavy atom. The Hall–Kier alpha value is -1.42. The molecule has 0 bridgehead atoms. The summed E-state index contributed by atoms with van der Waals surface area (Å²) in [6.07, 6.45) is 3.13. The topological polar surface area (TPSA) is 43.4 Å². The van der Waals surface area contributed by atoms with E-state index in [1.165, 1.54) is 6.08 Å². The van der Waals surface area contributed by atoms with Crippen LogP contribution in [-0.4, -0.2) is 22.5 Å².